The van der Waals surface area contributed by atoms with Gasteiger partial charge in [0.25, 0.3) is 0 Å². The zero-order valence-electron chi connectivity index (χ0n) is 7.99. The van der Waals surface area contributed by atoms with E-state index in [0.29, 0.717) is 17.7 Å². The van der Waals surface area contributed by atoms with E-state index in [1.807, 2.05) is 6.26 Å². The predicted molar refractivity (Wildman–Crippen MR) is 50.4 cm³/mol. The highest BCUT2D eigenvalue weighted by Gasteiger charge is 2.62. The average Bonchev–Trinajstić information content (AvgIpc) is 2.70. The van der Waals surface area contributed by atoms with Gasteiger partial charge in [0.15, 0.2) is 0 Å². The molecule has 3 atom stereocenters. The molecule has 0 aromatic heterocycles. The van der Waals surface area contributed by atoms with Crippen LogP contribution in [0, 0.1) is 0 Å². The van der Waals surface area contributed by atoms with Crippen molar-refractivity contribution in [2.24, 2.45) is 0 Å². The maximum atomic E-state index is 5.49. The summed E-state index contributed by atoms with van der Waals surface area (Å²) in [7, 11) is 0. The fourth-order valence-corrected chi connectivity index (χ4v) is 2.69. The quantitative estimate of drug-likeness (QED) is 0.629. The largest absolute Gasteiger partial charge is 0.496 e. The van der Waals surface area contributed by atoms with Crippen molar-refractivity contribution in [2.45, 2.75) is 31.0 Å². The van der Waals surface area contributed by atoms with E-state index >= 15 is 0 Å². The third kappa shape index (κ3) is 0.973. The van der Waals surface area contributed by atoms with Crippen molar-refractivity contribution in [2.75, 3.05) is 19.6 Å². The number of ether oxygens (including phenoxy) is 1. The second-order valence-corrected chi connectivity index (χ2v) is 4.37. The van der Waals surface area contributed by atoms with Gasteiger partial charge >= 0.3 is 0 Å². The molecule has 1 aliphatic carbocycles. The van der Waals surface area contributed by atoms with E-state index in [1.54, 1.807) is 0 Å². The molecule has 3 heteroatoms. The van der Waals surface area contributed by atoms with Gasteiger partial charge in [-0.15, -0.1) is 0 Å². The Balaban J connectivity index is 1.80. The monoisotopic (exact) mass is 180 g/mol. The first-order valence-electron chi connectivity index (χ1n) is 5.13. The second kappa shape index (κ2) is 2.49. The molecule has 0 bridgehead atoms. The maximum absolute atomic E-state index is 5.49. The molecule has 1 N–H and O–H groups in total. The topological polar surface area (TPSA) is 24.5 Å². The molecule has 3 nitrogen and oxygen atoms in total. The van der Waals surface area contributed by atoms with Gasteiger partial charge in [-0.25, -0.2) is 0 Å². The van der Waals surface area contributed by atoms with Crippen molar-refractivity contribution in [3.05, 3.63) is 12.3 Å². The number of piperazine rings is 1. The van der Waals surface area contributed by atoms with E-state index in [1.165, 1.54) is 6.42 Å². The first-order valence-corrected chi connectivity index (χ1v) is 5.13. The number of hydrogen-bond donors (Lipinski definition) is 1. The molecule has 1 saturated carbocycles. The molecule has 2 fully saturated rings. The van der Waals surface area contributed by atoms with Crippen LogP contribution in [0.2, 0.25) is 0 Å². The average molecular weight is 180 g/mol. The van der Waals surface area contributed by atoms with Crippen molar-refractivity contribution < 1.29 is 4.74 Å². The Morgan fingerprint density at radius 3 is 3.15 bits per heavy atom. The summed E-state index contributed by atoms with van der Waals surface area (Å²) < 4.78 is 5.49. The lowest BCUT2D eigenvalue weighted by atomic mass is 10.1. The minimum atomic E-state index is 0.293. The summed E-state index contributed by atoms with van der Waals surface area (Å²) in [5, 5.41) is 3.42. The number of nitrogens with zero attached hydrogens (tertiary/aromatic N) is 1. The number of nitrogens with one attached hydrogen (secondary N) is 1. The van der Waals surface area contributed by atoms with Gasteiger partial charge in [0.05, 0.1) is 11.8 Å². The third-order valence-electron chi connectivity index (χ3n) is 3.55. The zero-order chi connectivity index (χ0) is 8.89. The summed E-state index contributed by atoms with van der Waals surface area (Å²) in [6, 6.07) is 0.644. The van der Waals surface area contributed by atoms with Crippen LogP contribution >= 0.6 is 0 Å². The van der Waals surface area contributed by atoms with E-state index in [0.717, 1.165) is 19.6 Å². The van der Waals surface area contributed by atoms with Crippen LogP contribution < -0.4 is 5.32 Å². The van der Waals surface area contributed by atoms with E-state index in [-0.39, 0.29) is 0 Å². The summed E-state index contributed by atoms with van der Waals surface area (Å²) in [6.07, 6.45) is 5.80. The maximum Gasteiger partial charge on any atom is 0.122 e. The summed E-state index contributed by atoms with van der Waals surface area (Å²) in [4.78, 5) is 2.59. The lowest BCUT2D eigenvalue weighted by molar-refractivity contribution is 0.103. The van der Waals surface area contributed by atoms with Gasteiger partial charge in [0.1, 0.15) is 6.10 Å². The number of fused-ring (bicyclic) bond motifs is 1. The van der Waals surface area contributed by atoms with Crippen molar-refractivity contribution >= 4 is 0 Å². The number of rotatable bonds is 1. The van der Waals surface area contributed by atoms with Gasteiger partial charge in [-0.2, -0.15) is 0 Å². The highest BCUT2D eigenvalue weighted by Crippen LogP contribution is 2.50. The molecule has 0 radical (unpaired) electrons. The van der Waals surface area contributed by atoms with Crippen molar-refractivity contribution in [1.29, 1.82) is 0 Å². The van der Waals surface area contributed by atoms with Gasteiger partial charge in [-0.1, -0.05) is 0 Å². The second-order valence-electron chi connectivity index (χ2n) is 4.37. The van der Waals surface area contributed by atoms with E-state index < -0.39 is 0 Å². The fraction of sp³-hybridized carbons (Fsp3) is 0.800. The Labute approximate surface area is 78.7 Å². The van der Waals surface area contributed by atoms with Gasteiger partial charge in [0, 0.05) is 32.1 Å². The van der Waals surface area contributed by atoms with Crippen molar-refractivity contribution in [1.82, 2.24) is 10.2 Å². The number of hydrogen-bond acceptors (Lipinski definition) is 3. The van der Waals surface area contributed by atoms with Crippen LogP contribution in [0.25, 0.3) is 0 Å². The first kappa shape index (κ1) is 7.83. The summed E-state index contributed by atoms with van der Waals surface area (Å²) >= 11 is 0. The van der Waals surface area contributed by atoms with Crippen LogP contribution in [0.4, 0.5) is 0 Å². The molecule has 3 unspecified atom stereocenters. The van der Waals surface area contributed by atoms with Crippen LogP contribution in [0.15, 0.2) is 12.3 Å². The molecule has 3 aliphatic rings. The van der Waals surface area contributed by atoms with Crippen LogP contribution in [0.5, 0.6) is 0 Å². The molecule has 13 heavy (non-hydrogen) atoms. The van der Waals surface area contributed by atoms with Crippen LogP contribution in [0.3, 0.4) is 0 Å². The third-order valence-corrected chi connectivity index (χ3v) is 3.55. The van der Waals surface area contributed by atoms with Crippen molar-refractivity contribution in [3.8, 4) is 0 Å². The van der Waals surface area contributed by atoms with E-state index in [4.69, 9.17) is 4.74 Å². The lowest BCUT2D eigenvalue weighted by Gasteiger charge is -2.38. The van der Waals surface area contributed by atoms with E-state index in [9.17, 15) is 0 Å². The van der Waals surface area contributed by atoms with Crippen LogP contribution in [0.1, 0.15) is 13.3 Å². The summed E-state index contributed by atoms with van der Waals surface area (Å²) in [6.45, 7) is 5.68. The van der Waals surface area contributed by atoms with Gasteiger partial charge in [0.2, 0.25) is 0 Å². The Bertz CT molecular complexity index is 253. The Kier molecular flexibility index (Phi) is 1.50. The summed E-state index contributed by atoms with van der Waals surface area (Å²) in [5.74, 6) is 0. The molecule has 0 aromatic carbocycles. The normalized spacial score (nSPS) is 48.7. The van der Waals surface area contributed by atoms with Crippen LogP contribution in [-0.2, 0) is 4.74 Å². The Hall–Kier alpha value is -0.540. The van der Waals surface area contributed by atoms with Crippen molar-refractivity contribution in [3.63, 3.8) is 0 Å². The Morgan fingerprint density at radius 1 is 1.62 bits per heavy atom. The SMILES string of the molecule is CC1CNCCN1C12C=COC1C2. The molecule has 0 spiro atoms. The zero-order valence-corrected chi connectivity index (χ0v) is 7.99. The molecule has 3 rings (SSSR count). The van der Waals surface area contributed by atoms with Gasteiger partial charge in [-0.05, 0) is 13.0 Å². The van der Waals surface area contributed by atoms with Crippen LogP contribution in [-0.4, -0.2) is 42.2 Å². The minimum absolute atomic E-state index is 0.293. The first-order chi connectivity index (χ1) is 6.33. The molecule has 1 saturated heterocycles. The van der Waals surface area contributed by atoms with Gasteiger partial charge in [-0.3, -0.25) is 4.90 Å². The Morgan fingerprint density at radius 2 is 2.54 bits per heavy atom. The smallest absolute Gasteiger partial charge is 0.122 e. The van der Waals surface area contributed by atoms with E-state index in [2.05, 4.69) is 23.2 Å². The molecular formula is C10H16N2O. The lowest BCUT2D eigenvalue weighted by Crippen LogP contribution is -2.55. The molecule has 72 valence electrons. The molecule has 0 amide bonds. The molecular weight excluding hydrogens is 164 g/mol. The van der Waals surface area contributed by atoms with Gasteiger partial charge < -0.3 is 10.1 Å². The fourth-order valence-electron chi connectivity index (χ4n) is 2.69. The molecule has 2 aliphatic heterocycles. The minimum Gasteiger partial charge on any atom is -0.496 e. The molecule has 2 heterocycles. The summed E-state index contributed by atoms with van der Waals surface area (Å²) in [5.41, 5.74) is 0.293. The highest BCUT2D eigenvalue weighted by molar-refractivity contribution is 5.29. The molecule has 0 aromatic rings. The predicted octanol–water partition coefficient (Wildman–Crippen LogP) is 0.335. The highest BCUT2D eigenvalue weighted by atomic mass is 16.5. The standard InChI is InChI=1S/C10H16N2O/c1-8-7-11-3-4-12(8)10-2-5-13-9(10)6-10/h2,5,8-9,11H,3-4,6-7H2,1H3.